The van der Waals surface area contributed by atoms with Gasteiger partial charge in [0.25, 0.3) is 11.8 Å². The van der Waals surface area contributed by atoms with E-state index in [2.05, 4.69) is 42.5 Å². The van der Waals surface area contributed by atoms with Gasteiger partial charge in [0.05, 0.1) is 21.2 Å². The lowest BCUT2D eigenvalue weighted by molar-refractivity contribution is -0.124. The lowest BCUT2D eigenvalue weighted by Gasteiger charge is -2.14. The zero-order valence-electron chi connectivity index (χ0n) is 23.6. The van der Waals surface area contributed by atoms with E-state index in [0.29, 0.717) is 70.1 Å². The summed E-state index contributed by atoms with van der Waals surface area (Å²) in [5.41, 5.74) is 1.47. The van der Waals surface area contributed by atoms with Gasteiger partial charge in [-0.1, -0.05) is 85.1 Å². The summed E-state index contributed by atoms with van der Waals surface area (Å²) in [6.07, 6.45) is 4.99. The molecular weight excluding hydrogens is 768 g/mol. The van der Waals surface area contributed by atoms with Gasteiger partial charge in [0.15, 0.2) is 0 Å². The first kappa shape index (κ1) is 34.8. The predicted molar refractivity (Wildman–Crippen MR) is 193 cm³/mol. The molecule has 2 N–H and O–H groups in total. The summed E-state index contributed by atoms with van der Waals surface area (Å²) in [6, 6.07) is 14.9. The van der Waals surface area contributed by atoms with E-state index in [9.17, 15) is 19.2 Å². The maximum absolute atomic E-state index is 13.2. The number of carbonyl (C=O) groups excluding carboxylic acids is 4. The van der Waals surface area contributed by atoms with Crippen molar-refractivity contribution >= 4 is 123 Å². The second-order valence-electron chi connectivity index (χ2n) is 9.99. The van der Waals surface area contributed by atoms with Crippen molar-refractivity contribution < 1.29 is 19.2 Å². The third-order valence-electron chi connectivity index (χ3n) is 6.77. The van der Waals surface area contributed by atoms with Crippen LogP contribution in [-0.2, 0) is 19.2 Å². The SMILES string of the molecule is O=C(CCCCCN1C(=O)C(=C2SC(=S)N(CCCCCC(=O)Nc3ccccc3Br)C2=O)SC1=S)Nc1ccccc1Br. The van der Waals surface area contributed by atoms with Gasteiger partial charge in [-0.05, 0) is 81.8 Å². The minimum atomic E-state index is -0.275. The molecule has 2 saturated heterocycles. The molecule has 2 aliphatic heterocycles. The highest BCUT2D eigenvalue weighted by Gasteiger charge is 2.41. The van der Waals surface area contributed by atoms with Crippen LogP contribution >= 0.6 is 79.8 Å². The summed E-state index contributed by atoms with van der Waals surface area (Å²) >= 11 is 20.0. The van der Waals surface area contributed by atoms with E-state index in [1.165, 1.54) is 9.80 Å². The highest BCUT2D eigenvalue weighted by atomic mass is 79.9. The topological polar surface area (TPSA) is 98.8 Å². The van der Waals surface area contributed by atoms with Crippen molar-refractivity contribution in [2.45, 2.75) is 51.4 Å². The normalized spacial score (nSPS) is 16.7. The van der Waals surface area contributed by atoms with Gasteiger partial charge in [-0.15, -0.1) is 0 Å². The van der Waals surface area contributed by atoms with Crippen LogP contribution in [0.15, 0.2) is 67.3 Å². The van der Waals surface area contributed by atoms with E-state index in [1.807, 2.05) is 48.5 Å². The summed E-state index contributed by atoms with van der Waals surface area (Å²) in [4.78, 5) is 54.7. The summed E-state index contributed by atoms with van der Waals surface area (Å²) in [7, 11) is 0. The Labute approximate surface area is 292 Å². The Balaban J connectivity index is 1.18. The molecule has 0 aliphatic carbocycles. The van der Waals surface area contributed by atoms with Gasteiger partial charge in [0.1, 0.15) is 8.64 Å². The van der Waals surface area contributed by atoms with Crippen LogP contribution in [0.4, 0.5) is 11.4 Å². The molecule has 2 aliphatic rings. The third-order valence-corrected chi connectivity index (χ3v) is 11.2. The first-order valence-corrected chi connectivity index (χ1v) is 18.1. The Morgan fingerprint density at radius 1 is 0.636 bits per heavy atom. The quantitative estimate of drug-likeness (QED) is 0.113. The molecule has 0 radical (unpaired) electrons. The minimum absolute atomic E-state index is 0.0634. The van der Waals surface area contributed by atoms with Gasteiger partial charge in [-0.25, -0.2) is 0 Å². The number of rotatable bonds is 14. The second-order valence-corrected chi connectivity index (χ2v) is 15.0. The number of halogens is 2. The number of unbranched alkanes of at least 4 members (excludes halogenated alkanes) is 4. The fourth-order valence-corrected chi connectivity index (χ4v) is 8.01. The number of benzene rings is 2. The fraction of sp³-hybridized carbons (Fsp3) is 0.333. The fourth-order valence-electron chi connectivity index (χ4n) is 4.47. The van der Waals surface area contributed by atoms with Gasteiger partial charge >= 0.3 is 0 Å². The average molecular weight is 799 g/mol. The predicted octanol–water partition coefficient (Wildman–Crippen LogP) is 7.84. The molecule has 14 heteroatoms. The van der Waals surface area contributed by atoms with Crippen molar-refractivity contribution in [3.63, 3.8) is 0 Å². The largest absolute Gasteiger partial charge is 0.325 e. The molecule has 8 nitrogen and oxygen atoms in total. The molecule has 4 amide bonds. The zero-order chi connectivity index (χ0) is 31.6. The zero-order valence-corrected chi connectivity index (χ0v) is 30.0. The molecule has 0 spiro atoms. The molecule has 2 fully saturated rings. The summed E-state index contributed by atoms with van der Waals surface area (Å²) in [5.74, 6) is -0.676. The molecule has 232 valence electrons. The third kappa shape index (κ3) is 9.46. The summed E-state index contributed by atoms with van der Waals surface area (Å²) in [5, 5.41) is 5.78. The van der Waals surface area contributed by atoms with Gasteiger partial charge < -0.3 is 10.6 Å². The van der Waals surface area contributed by atoms with Crippen LogP contribution in [0.25, 0.3) is 0 Å². The van der Waals surface area contributed by atoms with Crippen LogP contribution in [0.1, 0.15) is 51.4 Å². The van der Waals surface area contributed by atoms with E-state index < -0.39 is 0 Å². The van der Waals surface area contributed by atoms with Crippen LogP contribution < -0.4 is 10.6 Å². The average Bonchev–Trinajstić information content (AvgIpc) is 3.43. The van der Waals surface area contributed by atoms with E-state index in [0.717, 1.165) is 56.7 Å². The van der Waals surface area contributed by atoms with Crippen LogP contribution in [-0.4, -0.2) is 55.2 Å². The maximum Gasteiger partial charge on any atom is 0.267 e. The number of hydrogen-bond acceptors (Lipinski definition) is 8. The van der Waals surface area contributed by atoms with Gasteiger partial charge in [-0.2, -0.15) is 0 Å². The van der Waals surface area contributed by atoms with E-state index >= 15 is 0 Å². The number of para-hydroxylation sites is 2. The van der Waals surface area contributed by atoms with Crippen LogP contribution in [0.5, 0.6) is 0 Å². The minimum Gasteiger partial charge on any atom is -0.325 e. The number of thiocarbonyl (C=S) groups is 2. The molecule has 0 atom stereocenters. The summed E-state index contributed by atoms with van der Waals surface area (Å²) < 4.78 is 2.49. The molecule has 0 aromatic heterocycles. The van der Waals surface area contributed by atoms with Gasteiger partial charge in [0.2, 0.25) is 11.8 Å². The van der Waals surface area contributed by atoms with Crippen molar-refractivity contribution in [1.82, 2.24) is 9.80 Å². The van der Waals surface area contributed by atoms with Crippen molar-refractivity contribution in [2.24, 2.45) is 0 Å². The number of thioether (sulfide) groups is 2. The first-order valence-electron chi connectivity index (χ1n) is 14.1. The Bertz CT molecular complexity index is 1390. The highest BCUT2D eigenvalue weighted by Crippen LogP contribution is 2.42. The smallest absolute Gasteiger partial charge is 0.267 e. The maximum atomic E-state index is 13.2. The molecule has 2 heterocycles. The molecule has 0 saturated carbocycles. The van der Waals surface area contributed by atoms with Crippen LogP contribution in [0.2, 0.25) is 0 Å². The van der Waals surface area contributed by atoms with Crippen LogP contribution in [0.3, 0.4) is 0 Å². The van der Waals surface area contributed by atoms with Crippen LogP contribution in [0, 0.1) is 0 Å². The van der Waals surface area contributed by atoms with E-state index in [-0.39, 0.29) is 23.6 Å². The molecule has 4 rings (SSSR count). The lowest BCUT2D eigenvalue weighted by atomic mass is 10.1. The number of carbonyl (C=O) groups is 4. The Morgan fingerprint density at radius 3 is 1.41 bits per heavy atom. The van der Waals surface area contributed by atoms with Crippen molar-refractivity contribution in [1.29, 1.82) is 0 Å². The standard InChI is InChI=1S/C30H30Br2N4O4S4/c31-19-11-5-7-13-21(19)33-23(37)15-3-1-9-17-35-27(39)25(43-29(35)41)26-28(40)36(30(42)44-26)18-10-2-4-16-24(38)34-22-14-8-6-12-20(22)32/h5-8,11-14H,1-4,9-10,15-18H2,(H,33,37)(H,34,38). The second kappa shape index (κ2) is 17.0. The molecule has 44 heavy (non-hydrogen) atoms. The van der Waals surface area contributed by atoms with Gasteiger partial charge in [-0.3, -0.25) is 29.0 Å². The number of amides is 4. The number of nitrogens with one attached hydrogen (secondary N) is 2. The van der Waals surface area contributed by atoms with E-state index in [4.69, 9.17) is 24.4 Å². The Kier molecular flexibility index (Phi) is 13.4. The number of hydrogen-bond donors (Lipinski definition) is 2. The highest BCUT2D eigenvalue weighted by molar-refractivity contribution is 9.11. The molecule has 0 unspecified atom stereocenters. The van der Waals surface area contributed by atoms with Crippen molar-refractivity contribution in [2.75, 3.05) is 23.7 Å². The number of nitrogens with zero attached hydrogens (tertiary/aromatic N) is 2. The molecular formula is C30H30Br2N4O4S4. The Morgan fingerprint density at radius 2 is 1.02 bits per heavy atom. The number of anilines is 2. The van der Waals surface area contributed by atoms with Crippen molar-refractivity contribution in [3.8, 4) is 0 Å². The summed E-state index contributed by atoms with van der Waals surface area (Å²) in [6.45, 7) is 0.851. The molecule has 0 bridgehead atoms. The molecule has 2 aromatic carbocycles. The first-order chi connectivity index (χ1) is 21.2. The lowest BCUT2D eigenvalue weighted by Crippen LogP contribution is -2.31. The van der Waals surface area contributed by atoms with E-state index in [1.54, 1.807) is 0 Å². The molecule has 2 aromatic rings. The van der Waals surface area contributed by atoms with Crippen molar-refractivity contribution in [3.05, 3.63) is 67.3 Å². The Hall–Kier alpha value is -2.10. The monoisotopic (exact) mass is 796 g/mol. The van der Waals surface area contributed by atoms with Gasteiger partial charge in [0, 0.05) is 34.9 Å².